The van der Waals surface area contributed by atoms with Gasteiger partial charge in [0.1, 0.15) is 17.4 Å². The van der Waals surface area contributed by atoms with Gasteiger partial charge in [-0.2, -0.15) is 0 Å². The van der Waals surface area contributed by atoms with Crippen LogP contribution in [0.3, 0.4) is 0 Å². The highest BCUT2D eigenvalue weighted by atomic mass is 19.1. The summed E-state index contributed by atoms with van der Waals surface area (Å²) in [6.45, 7) is 2.56. The molecule has 1 aromatic heterocycles. The van der Waals surface area contributed by atoms with Crippen molar-refractivity contribution in [2.24, 2.45) is 0 Å². The van der Waals surface area contributed by atoms with Crippen molar-refractivity contribution in [3.8, 4) is 5.75 Å². The lowest BCUT2D eigenvalue weighted by atomic mass is 9.92. The van der Waals surface area contributed by atoms with Crippen molar-refractivity contribution in [1.82, 2.24) is 9.88 Å². The normalized spacial score (nSPS) is 16.4. The predicted octanol–water partition coefficient (Wildman–Crippen LogP) is 5.03. The van der Waals surface area contributed by atoms with Gasteiger partial charge < -0.3 is 9.64 Å². The molecule has 0 bridgehead atoms. The molecular weight excluding hydrogens is 389 g/mol. The summed E-state index contributed by atoms with van der Waals surface area (Å²) >= 11 is 0. The summed E-state index contributed by atoms with van der Waals surface area (Å²) in [5.41, 5.74) is 5.12. The Kier molecular flexibility index (Phi) is 4.95. The average Bonchev–Trinajstić information content (AvgIpc) is 2.82. The zero-order valence-corrected chi connectivity index (χ0v) is 17.4. The van der Waals surface area contributed by atoms with E-state index in [2.05, 4.69) is 22.0 Å². The fraction of sp³-hybridized carbons (Fsp3) is 0.192. The van der Waals surface area contributed by atoms with Crippen LogP contribution >= 0.6 is 0 Å². The molecule has 2 aromatic carbocycles. The first-order valence-corrected chi connectivity index (χ1v) is 10.4. The Morgan fingerprint density at radius 2 is 1.94 bits per heavy atom. The molecule has 0 radical (unpaired) electrons. The van der Waals surface area contributed by atoms with Crippen molar-refractivity contribution in [2.45, 2.75) is 13.1 Å². The van der Waals surface area contributed by atoms with Crippen molar-refractivity contribution < 1.29 is 10.5 Å². The van der Waals surface area contributed by atoms with E-state index in [9.17, 15) is 4.39 Å². The summed E-state index contributed by atoms with van der Waals surface area (Å²) in [6, 6.07) is 18.6. The molecule has 0 atom stereocenters. The summed E-state index contributed by atoms with van der Waals surface area (Å²) in [6.07, 6.45) is 4.40. The highest BCUT2D eigenvalue weighted by molar-refractivity contribution is 5.89. The van der Waals surface area contributed by atoms with E-state index < -0.39 is 0 Å². The minimum absolute atomic E-state index is 0.223. The quantitative estimate of drug-likeness (QED) is 0.585. The van der Waals surface area contributed by atoms with Gasteiger partial charge in [-0.25, -0.2) is 9.37 Å². The van der Waals surface area contributed by atoms with E-state index in [4.69, 9.17) is 6.11 Å². The Bertz CT molecular complexity index is 1210. The topological polar surface area (TPSA) is 28.6 Å². The van der Waals surface area contributed by atoms with Crippen LogP contribution in [0.25, 0.3) is 5.57 Å². The summed E-state index contributed by atoms with van der Waals surface area (Å²) in [7, 11) is 1.65. The average molecular weight is 415 g/mol. The Morgan fingerprint density at radius 1 is 1.06 bits per heavy atom. The number of hydrogen-bond donors (Lipinski definition) is 0. The van der Waals surface area contributed by atoms with Crippen molar-refractivity contribution in [2.75, 3.05) is 25.1 Å². The third-order valence-electron chi connectivity index (χ3n) is 5.66. The molecule has 31 heavy (non-hydrogen) atoms. The zero-order valence-electron chi connectivity index (χ0n) is 18.4. The van der Waals surface area contributed by atoms with E-state index in [1.807, 2.05) is 41.3 Å². The number of anilines is 1. The standard InChI is InChI=1S/C26H24FN3O/c1-31-23-9-7-19(8-10-23)16-30-18-21-17-29(15-20-4-2-5-22(27)14-20)13-11-24(21)25-6-3-12-28-26(25)30/h2-12,14,18H,13,15-17H2,1H3/i18D. The van der Waals surface area contributed by atoms with Crippen molar-refractivity contribution in [1.29, 1.82) is 0 Å². The molecule has 5 rings (SSSR count). The third-order valence-corrected chi connectivity index (χ3v) is 5.66. The largest absolute Gasteiger partial charge is 0.497 e. The summed E-state index contributed by atoms with van der Waals surface area (Å²) < 4.78 is 27.9. The molecule has 156 valence electrons. The third kappa shape index (κ3) is 4.09. The van der Waals surface area contributed by atoms with Crippen LogP contribution in [0.5, 0.6) is 5.75 Å². The molecule has 5 heteroatoms. The van der Waals surface area contributed by atoms with Crippen LogP contribution in [0.1, 0.15) is 18.1 Å². The van der Waals surface area contributed by atoms with Gasteiger partial charge in [0.05, 0.1) is 8.48 Å². The van der Waals surface area contributed by atoms with E-state index >= 15 is 0 Å². The molecular formula is C26H24FN3O. The number of fused-ring (bicyclic) bond motifs is 3. The predicted molar refractivity (Wildman–Crippen MR) is 121 cm³/mol. The van der Waals surface area contributed by atoms with Gasteiger partial charge in [0.15, 0.2) is 0 Å². The minimum Gasteiger partial charge on any atom is -0.497 e. The van der Waals surface area contributed by atoms with Gasteiger partial charge in [0.2, 0.25) is 0 Å². The number of halogens is 1. The van der Waals surface area contributed by atoms with Gasteiger partial charge in [-0.05, 0) is 58.7 Å². The van der Waals surface area contributed by atoms with E-state index in [-0.39, 0.29) is 5.82 Å². The first-order chi connectivity index (χ1) is 15.6. The monoisotopic (exact) mass is 414 g/mol. The van der Waals surface area contributed by atoms with E-state index in [1.54, 1.807) is 25.4 Å². The zero-order chi connectivity index (χ0) is 22.1. The Hall–Kier alpha value is -3.44. The molecule has 0 N–H and O–H groups in total. The number of aromatic nitrogens is 1. The van der Waals surface area contributed by atoms with Crippen molar-refractivity contribution in [3.05, 3.63) is 107 Å². The molecule has 0 unspecified atom stereocenters. The summed E-state index contributed by atoms with van der Waals surface area (Å²) in [5, 5.41) is 0. The number of rotatable bonds is 5. The second kappa shape index (κ2) is 8.36. The second-order valence-corrected chi connectivity index (χ2v) is 7.82. The van der Waals surface area contributed by atoms with Gasteiger partial charge in [0.25, 0.3) is 0 Å². The Balaban J connectivity index is 1.47. The highest BCUT2D eigenvalue weighted by Crippen LogP contribution is 2.38. The maximum absolute atomic E-state index is 13.6. The lowest BCUT2D eigenvalue weighted by molar-refractivity contribution is 0.316. The van der Waals surface area contributed by atoms with Crippen LogP contribution < -0.4 is 9.64 Å². The molecule has 0 spiro atoms. The molecule has 0 saturated heterocycles. The van der Waals surface area contributed by atoms with Crippen molar-refractivity contribution >= 4 is 11.4 Å². The smallest absolute Gasteiger partial charge is 0.140 e. The van der Waals surface area contributed by atoms with Crippen LogP contribution in [-0.2, 0) is 13.1 Å². The number of benzene rings is 2. The summed E-state index contributed by atoms with van der Waals surface area (Å²) in [5.74, 6) is 1.39. The molecule has 0 aliphatic carbocycles. The van der Waals surface area contributed by atoms with E-state index in [0.717, 1.165) is 45.9 Å². The fourth-order valence-corrected chi connectivity index (χ4v) is 4.17. The fourth-order valence-electron chi connectivity index (χ4n) is 4.17. The number of hydrogen-bond acceptors (Lipinski definition) is 4. The first kappa shape index (κ1) is 18.3. The van der Waals surface area contributed by atoms with Gasteiger partial charge >= 0.3 is 0 Å². The lowest BCUT2D eigenvalue weighted by Crippen LogP contribution is -2.33. The molecule has 2 aliphatic heterocycles. The van der Waals surface area contributed by atoms with Gasteiger partial charge in [0, 0.05) is 44.1 Å². The molecule has 3 aromatic rings. The Labute approximate surface area is 183 Å². The van der Waals surface area contributed by atoms with Gasteiger partial charge in [-0.15, -0.1) is 0 Å². The number of pyridine rings is 1. The summed E-state index contributed by atoms with van der Waals surface area (Å²) in [4.78, 5) is 8.82. The number of methoxy groups -OCH3 is 1. The van der Waals surface area contributed by atoms with Crippen LogP contribution in [0, 0.1) is 5.82 Å². The minimum atomic E-state index is -0.223. The highest BCUT2D eigenvalue weighted by Gasteiger charge is 2.27. The van der Waals surface area contributed by atoms with Crippen LogP contribution in [-0.4, -0.2) is 30.1 Å². The number of ether oxygens (including phenoxy) is 1. The van der Waals surface area contributed by atoms with Crippen LogP contribution in [0.4, 0.5) is 10.2 Å². The maximum atomic E-state index is 13.6. The number of nitrogens with zero attached hydrogens (tertiary/aromatic N) is 3. The van der Waals surface area contributed by atoms with Gasteiger partial charge in [-0.1, -0.05) is 30.3 Å². The molecule has 4 nitrogen and oxygen atoms in total. The molecule has 0 saturated carbocycles. The van der Waals surface area contributed by atoms with E-state index in [1.165, 1.54) is 6.07 Å². The molecule has 2 aliphatic rings. The van der Waals surface area contributed by atoms with Crippen LogP contribution in [0.15, 0.2) is 84.7 Å². The maximum Gasteiger partial charge on any atom is 0.140 e. The molecule has 0 fully saturated rings. The second-order valence-electron chi connectivity index (χ2n) is 7.82. The van der Waals surface area contributed by atoms with Gasteiger partial charge in [-0.3, -0.25) is 4.90 Å². The molecule has 0 amide bonds. The van der Waals surface area contributed by atoms with E-state index in [0.29, 0.717) is 25.8 Å². The molecule has 3 heterocycles. The Morgan fingerprint density at radius 3 is 2.74 bits per heavy atom. The lowest BCUT2D eigenvalue weighted by Gasteiger charge is -2.35. The van der Waals surface area contributed by atoms with Crippen LogP contribution in [0.2, 0.25) is 0 Å². The van der Waals surface area contributed by atoms with Crippen molar-refractivity contribution in [3.63, 3.8) is 0 Å². The SMILES string of the molecule is [2H]C1=C2CN(Cc3cccc(F)c3)CC=C2c2cccnc2N1Cc1ccc(OC)cc1. The first-order valence-electron chi connectivity index (χ1n) is 10.9.